The van der Waals surface area contributed by atoms with E-state index in [2.05, 4.69) is 69.0 Å². The third-order valence-corrected chi connectivity index (χ3v) is 3.66. The molecule has 1 nitrogen and oxygen atoms in total. The lowest BCUT2D eigenvalue weighted by atomic mass is 10.2. The molecule has 0 radical (unpaired) electrons. The zero-order chi connectivity index (χ0) is 11.4. The summed E-state index contributed by atoms with van der Waals surface area (Å²) in [6.45, 7) is 2.00. The van der Waals surface area contributed by atoms with Gasteiger partial charge in [-0.05, 0) is 47.1 Å². The highest BCUT2D eigenvalue weighted by molar-refractivity contribution is 9.10. The van der Waals surface area contributed by atoms with Gasteiger partial charge < -0.3 is 0 Å². The smallest absolute Gasteiger partial charge is 0.0242 e. The fourth-order valence-electron chi connectivity index (χ4n) is 1.65. The summed E-state index contributed by atoms with van der Waals surface area (Å²) in [7, 11) is 2.15. The summed E-state index contributed by atoms with van der Waals surface area (Å²) in [4.78, 5) is 2.32. The van der Waals surface area contributed by atoms with E-state index in [0.29, 0.717) is 0 Å². The van der Waals surface area contributed by atoms with Crippen LogP contribution in [0.15, 0.2) is 45.6 Å². The van der Waals surface area contributed by atoms with Gasteiger partial charge in [0.2, 0.25) is 0 Å². The average molecular weight is 296 g/mol. The maximum atomic E-state index is 3.45. The second-order valence-corrected chi connectivity index (χ2v) is 5.63. The fraction of sp³-hybridized carbons (Fsp3) is 0.231. The second-order valence-electron chi connectivity index (χ2n) is 3.93. The van der Waals surface area contributed by atoms with E-state index in [4.69, 9.17) is 0 Å². The molecule has 0 fully saturated rings. The topological polar surface area (TPSA) is 3.24 Å². The Hall–Kier alpha value is -0.640. The minimum Gasteiger partial charge on any atom is -0.298 e. The van der Waals surface area contributed by atoms with Crippen LogP contribution in [-0.4, -0.2) is 11.9 Å². The molecule has 0 atom stereocenters. The number of nitrogens with zero attached hydrogens (tertiary/aromatic N) is 1. The zero-order valence-corrected chi connectivity index (χ0v) is 11.6. The van der Waals surface area contributed by atoms with Crippen molar-refractivity contribution in [2.24, 2.45) is 0 Å². The quantitative estimate of drug-likeness (QED) is 0.819. The van der Waals surface area contributed by atoms with E-state index in [1.807, 2.05) is 0 Å². The van der Waals surface area contributed by atoms with E-state index in [9.17, 15) is 0 Å². The monoisotopic (exact) mass is 295 g/mol. The zero-order valence-electron chi connectivity index (χ0n) is 9.19. The lowest BCUT2D eigenvalue weighted by Crippen LogP contribution is -2.16. The number of thiophene rings is 1. The average Bonchev–Trinajstić information content (AvgIpc) is 2.74. The van der Waals surface area contributed by atoms with Crippen LogP contribution in [0.4, 0.5) is 0 Å². The minimum absolute atomic E-state index is 0.989. The number of benzene rings is 1. The molecular formula is C13H14BrNS. The van der Waals surface area contributed by atoms with Gasteiger partial charge in [-0.2, -0.15) is 11.3 Å². The van der Waals surface area contributed by atoms with Crippen molar-refractivity contribution < 1.29 is 0 Å². The molecule has 0 unspecified atom stereocenters. The molecule has 0 N–H and O–H groups in total. The first-order valence-corrected chi connectivity index (χ1v) is 6.92. The Morgan fingerprint density at radius 2 is 1.75 bits per heavy atom. The maximum absolute atomic E-state index is 3.45. The molecule has 0 aliphatic carbocycles. The minimum atomic E-state index is 0.989. The van der Waals surface area contributed by atoms with Crippen molar-refractivity contribution in [1.82, 2.24) is 4.90 Å². The molecule has 1 heterocycles. The molecule has 0 aliphatic rings. The predicted molar refractivity (Wildman–Crippen MR) is 73.6 cm³/mol. The van der Waals surface area contributed by atoms with E-state index in [1.54, 1.807) is 11.3 Å². The van der Waals surface area contributed by atoms with Gasteiger partial charge in [0.1, 0.15) is 0 Å². The lowest BCUT2D eigenvalue weighted by molar-refractivity contribution is 0.319. The van der Waals surface area contributed by atoms with Gasteiger partial charge in [0, 0.05) is 17.6 Å². The highest BCUT2D eigenvalue weighted by Gasteiger charge is 2.01. The Morgan fingerprint density at radius 3 is 2.38 bits per heavy atom. The van der Waals surface area contributed by atoms with E-state index in [1.165, 1.54) is 11.1 Å². The summed E-state index contributed by atoms with van der Waals surface area (Å²) < 4.78 is 1.14. The third-order valence-electron chi connectivity index (χ3n) is 2.40. The summed E-state index contributed by atoms with van der Waals surface area (Å²) in [5.74, 6) is 0. The summed E-state index contributed by atoms with van der Waals surface area (Å²) in [6, 6.07) is 10.7. The molecule has 0 spiro atoms. The molecule has 1 aromatic carbocycles. The van der Waals surface area contributed by atoms with Crippen LogP contribution >= 0.6 is 27.3 Å². The van der Waals surface area contributed by atoms with Crippen molar-refractivity contribution in [3.63, 3.8) is 0 Å². The first kappa shape index (κ1) is 11.8. The molecule has 3 heteroatoms. The van der Waals surface area contributed by atoms with Crippen LogP contribution in [-0.2, 0) is 13.1 Å². The summed E-state index contributed by atoms with van der Waals surface area (Å²) in [5, 5.41) is 4.33. The molecular weight excluding hydrogens is 282 g/mol. The fourth-order valence-corrected chi connectivity index (χ4v) is 2.58. The highest BCUT2D eigenvalue weighted by atomic mass is 79.9. The Bertz CT molecular complexity index is 422. The standard InChI is InChI=1S/C13H14BrNS/c1-15(9-12-6-7-16-10-12)8-11-2-4-13(14)5-3-11/h2-7,10H,8-9H2,1H3. The van der Waals surface area contributed by atoms with E-state index in [0.717, 1.165) is 17.6 Å². The Balaban J connectivity index is 1.92. The largest absolute Gasteiger partial charge is 0.298 e. The van der Waals surface area contributed by atoms with Crippen molar-refractivity contribution in [3.05, 3.63) is 56.7 Å². The van der Waals surface area contributed by atoms with Crippen LogP contribution in [0.5, 0.6) is 0 Å². The molecule has 2 aromatic rings. The number of halogens is 1. The van der Waals surface area contributed by atoms with Crippen LogP contribution in [0.2, 0.25) is 0 Å². The second kappa shape index (κ2) is 5.62. The van der Waals surface area contributed by atoms with E-state index >= 15 is 0 Å². The SMILES string of the molecule is CN(Cc1ccc(Br)cc1)Cc1ccsc1. The molecule has 0 bridgehead atoms. The summed E-state index contributed by atoms with van der Waals surface area (Å²) >= 11 is 5.20. The lowest BCUT2D eigenvalue weighted by Gasteiger charge is -2.15. The summed E-state index contributed by atoms with van der Waals surface area (Å²) in [5.41, 5.74) is 2.74. The van der Waals surface area contributed by atoms with Crippen LogP contribution in [0.1, 0.15) is 11.1 Å². The molecule has 0 saturated carbocycles. The van der Waals surface area contributed by atoms with Crippen molar-refractivity contribution in [2.45, 2.75) is 13.1 Å². The molecule has 16 heavy (non-hydrogen) atoms. The molecule has 0 amide bonds. The predicted octanol–water partition coefficient (Wildman–Crippen LogP) is 4.14. The van der Waals surface area contributed by atoms with Gasteiger partial charge in [0.25, 0.3) is 0 Å². The molecule has 0 saturated heterocycles. The van der Waals surface area contributed by atoms with Gasteiger partial charge in [0.15, 0.2) is 0 Å². The van der Waals surface area contributed by atoms with Crippen LogP contribution in [0.3, 0.4) is 0 Å². The van der Waals surface area contributed by atoms with Crippen molar-refractivity contribution in [3.8, 4) is 0 Å². The highest BCUT2D eigenvalue weighted by Crippen LogP contribution is 2.14. The molecule has 1 aromatic heterocycles. The van der Waals surface area contributed by atoms with Gasteiger partial charge in [-0.25, -0.2) is 0 Å². The van der Waals surface area contributed by atoms with Crippen molar-refractivity contribution >= 4 is 27.3 Å². The molecule has 0 aliphatic heterocycles. The number of hydrogen-bond acceptors (Lipinski definition) is 2. The normalized spacial score (nSPS) is 10.9. The van der Waals surface area contributed by atoms with Gasteiger partial charge in [-0.1, -0.05) is 28.1 Å². The summed E-state index contributed by atoms with van der Waals surface area (Å²) in [6.07, 6.45) is 0. The Kier molecular flexibility index (Phi) is 4.16. The van der Waals surface area contributed by atoms with Gasteiger partial charge >= 0.3 is 0 Å². The van der Waals surface area contributed by atoms with Crippen LogP contribution in [0.25, 0.3) is 0 Å². The Morgan fingerprint density at radius 1 is 1.06 bits per heavy atom. The van der Waals surface area contributed by atoms with Gasteiger partial charge in [0.05, 0.1) is 0 Å². The van der Waals surface area contributed by atoms with Crippen molar-refractivity contribution in [2.75, 3.05) is 7.05 Å². The number of rotatable bonds is 4. The number of hydrogen-bond donors (Lipinski definition) is 0. The molecule has 84 valence electrons. The van der Waals surface area contributed by atoms with E-state index in [-0.39, 0.29) is 0 Å². The first-order valence-electron chi connectivity index (χ1n) is 5.18. The van der Waals surface area contributed by atoms with Crippen molar-refractivity contribution in [1.29, 1.82) is 0 Å². The third kappa shape index (κ3) is 3.44. The van der Waals surface area contributed by atoms with Gasteiger partial charge in [-0.3, -0.25) is 4.90 Å². The maximum Gasteiger partial charge on any atom is 0.0242 e. The molecule has 2 rings (SSSR count). The van der Waals surface area contributed by atoms with E-state index < -0.39 is 0 Å². The van der Waals surface area contributed by atoms with Gasteiger partial charge in [-0.15, -0.1) is 0 Å². The van der Waals surface area contributed by atoms with Crippen LogP contribution in [0, 0.1) is 0 Å². The van der Waals surface area contributed by atoms with Crippen LogP contribution < -0.4 is 0 Å². The first-order chi connectivity index (χ1) is 7.74. The Labute approximate surface area is 109 Å².